The van der Waals surface area contributed by atoms with E-state index in [2.05, 4.69) is 0 Å². The Labute approximate surface area is 67.0 Å². The van der Waals surface area contributed by atoms with Crippen LogP contribution in [0.3, 0.4) is 0 Å². The smallest absolute Gasteiger partial charge is 0.252 e. The molecule has 0 saturated carbocycles. The van der Waals surface area contributed by atoms with Gasteiger partial charge in [0.2, 0.25) is 0 Å². The first kappa shape index (κ1) is 10.8. The maximum atomic E-state index is 12.9. The zero-order valence-corrected chi connectivity index (χ0v) is 7.62. The Morgan fingerprint density at radius 1 is 1.27 bits per heavy atom. The van der Waals surface area contributed by atoms with Gasteiger partial charge in [0.15, 0.2) is 0 Å². The summed E-state index contributed by atoms with van der Waals surface area (Å²) in [6.45, 7) is 6.01. The molecular formula is C8H17F2N. The van der Waals surface area contributed by atoms with E-state index in [1.165, 1.54) is 6.92 Å². The van der Waals surface area contributed by atoms with Crippen molar-refractivity contribution in [3.63, 3.8) is 0 Å². The maximum Gasteiger partial charge on any atom is 0.252 e. The monoisotopic (exact) mass is 165 g/mol. The van der Waals surface area contributed by atoms with Crippen LogP contribution >= 0.6 is 0 Å². The highest BCUT2D eigenvalue weighted by molar-refractivity contribution is 4.89. The van der Waals surface area contributed by atoms with Gasteiger partial charge in [0.05, 0.1) is 0 Å². The van der Waals surface area contributed by atoms with Crippen LogP contribution in [0.15, 0.2) is 0 Å². The summed E-state index contributed by atoms with van der Waals surface area (Å²) in [7, 11) is 0. The Morgan fingerprint density at radius 3 is 1.64 bits per heavy atom. The second-order valence-electron chi connectivity index (χ2n) is 3.66. The van der Waals surface area contributed by atoms with Crippen molar-refractivity contribution in [3.05, 3.63) is 0 Å². The Bertz CT molecular complexity index is 129. The average Bonchev–Trinajstić information content (AvgIpc) is 1.83. The minimum Gasteiger partial charge on any atom is -0.330 e. The van der Waals surface area contributed by atoms with E-state index in [1.807, 2.05) is 0 Å². The molecular weight excluding hydrogens is 148 g/mol. The van der Waals surface area contributed by atoms with Gasteiger partial charge >= 0.3 is 0 Å². The van der Waals surface area contributed by atoms with Crippen LogP contribution in [0.5, 0.6) is 0 Å². The summed E-state index contributed by atoms with van der Waals surface area (Å²) in [5, 5.41) is 0. The van der Waals surface area contributed by atoms with Crippen LogP contribution in [0.2, 0.25) is 0 Å². The van der Waals surface area contributed by atoms with Gasteiger partial charge in [0, 0.05) is 12.0 Å². The lowest BCUT2D eigenvalue weighted by Gasteiger charge is -2.37. The third-order valence-corrected chi connectivity index (χ3v) is 2.70. The molecule has 0 heterocycles. The summed E-state index contributed by atoms with van der Waals surface area (Å²) < 4.78 is 25.9. The van der Waals surface area contributed by atoms with Crippen molar-refractivity contribution in [1.82, 2.24) is 0 Å². The fourth-order valence-electron chi connectivity index (χ4n) is 0.922. The molecule has 0 aromatic heterocycles. The predicted octanol–water partition coefficient (Wildman–Crippen LogP) is 2.26. The van der Waals surface area contributed by atoms with Crippen molar-refractivity contribution < 1.29 is 8.78 Å². The Hall–Kier alpha value is -0.180. The number of hydrogen-bond acceptors (Lipinski definition) is 1. The van der Waals surface area contributed by atoms with E-state index in [-0.39, 0.29) is 12.5 Å². The highest BCUT2D eigenvalue weighted by Gasteiger charge is 2.46. The molecule has 1 nitrogen and oxygen atoms in total. The topological polar surface area (TPSA) is 26.0 Å². The highest BCUT2D eigenvalue weighted by Crippen LogP contribution is 2.41. The number of halogens is 2. The molecule has 11 heavy (non-hydrogen) atoms. The van der Waals surface area contributed by atoms with Gasteiger partial charge in [-0.1, -0.05) is 20.8 Å². The Morgan fingerprint density at radius 2 is 1.64 bits per heavy atom. The number of alkyl halides is 2. The molecule has 0 fully saturated rings. The van der Waals surface area contributed by atoms with Gasteiger partial charge < -0.3 is 5.73 Å². The molecule has 0 aromatic rings. The highest BCUT2D eigenvalue weighted by atomic mass is 19.3. The SMILES string of the molecule is CC(C)C(C)(CN)C(C)(F)F. The van der Waals surface area contributed by atoms with E-state index in [0.29, 0.717) is 0 Å². The lowest BCUT2D eigenvalue weighted by atomic mass is 9.74. The molecule has 0 spiro atoms. The summed E-state index contributed by atoms with van der Waals surface area (Å²) in [5.74, 6) is -2.80. The molecule has 0 aliphatic heterocycles. The summed E-state index contributed by atoms with van der Waals surface area (Å²) in [5.41, 5.74) is 4.24. The quantitative estimate of drug-likeness (QED) is 0.682. The van der Waals surface area contributed by atoms with Crippen LogP contribution in [0.25, 0.3) is 0 Å². The van der Waals surface area contributed by atoms with E-state index < -0.39 is 11.3 Å². The molecule has 0 bridgehead atoms. The average molecular weight is 165 g/mol. The van der Waals surface area contributed by atoms with Gasteiger partial charge in [-0.25, -0.2) is 8.78 Å². The van der Waals surface area contributed by atoms with Crippen LogP contribution in [-0.4, -0.2) is 12.5 Å². The van der Waals surface area contributed by atoms with E-state index in [9.17, 15) is 8.78 Å². The molecule has 0 aliphatic carbocycles. The van der Waals surface area contributed by atoms with E-state index >= 15 is 0 Å². The lowest BCUT2D eigenvalue weighted by Crippen LogP contribution is -2.46. The van der Waals surface area contributed by atoms with Crippen molar-refractivity contribution >= 4 is 0 Å². The van der Waals surface area contributed by atoms with Crippen LogP contribution in [0, 0.1) is 11.3 Å². The van der Waals surface area contributed by atoms with Crippen molar-refractivity contribution in [2.75, 3.05) is 6.54 Å². The molecule has 0 aliphatic rings. The molecule has 1 atom stereocenters. The fourth-order valence-corrected chi connectivity index (χ4v) is 0.922. The zero-order valence-electron chi connectivity index (χ0n) is 7.62. The van der Waals surface area contributed by atoms with E-state index in [0.717, 1.165) is 6.92 Å². The van der Waals surface area contributed by atoms with Gasteiger partial charge in [-0.3, -0.25) is 0 Å². The number of nitrogens with two attached hydrogens (primary N) is 1. The first-order valence-corrected chi connectivity index (χ1v) is 3.83. The van der Waals surface area contributed by atoms with Gasteiger partial charge in [0.25, 0.3) is 5.92 Å². The van der Waals surface area contributed by atoms with Crippen molar-refractivity contribution in [2.45, 2.75) is 33.6 Å². The summed E-state index contributed by atoms with van der Waals surface area (Å²) in [4.78, 5) is 0. The molecule has 0 aromatic carbocycles. The molecule has 0 saturated heterocycles. The van der Waals surface area contributed by atoms with Crippen LogP contribution in [-0.2, 0) is 0 Å². The third kappa shape index (κ3) is 1.89. The molecule has 0 amide bonds. The minimum atomic E-state index is -2.70. The van der Waals surface area contributed by atoms with E-state index in [1.54, 1.807) is 13.8 Å². The summed E-state index contributed by atoms with van der Waals surface area (Å²) >= 11 is 0. The Balaban J connectivity index is 4.61. The van der Waals surface area contributed by atoms with Crippen molar-refractivity contribution in [1.29, 1.82) is 0 Å². The lowest BCUT2D eigenvalue weighted by molar-refractivity contribution is -0.115. The van der Waals surface area contributed by atoms with Gasteiger partial charge in [-0.2, -0.15) is 0 Å². The van der Waals surface area contributed by atoms with Gasteiger partial charge in [0.1, 0.15) is 0 Å². The predicted molar refractivity (Wildman–Crippen MR) is 42.6 cm³/mol. The molecule has 68 valence electrons. The first-order valence-electron chi connectivity index (χ1n) is 3.83. The third-order valence-electron chi connectivity index (χ3n) is 2.70. The fraction of sp³-hybridized carbons (Fsp3) is 1.00. The molecule has 1 unspecified atom stereocenters. The summed E-state index contributed by atoms with van der Waals surface area (Å²) in [6, 6.07) is 0. The number of rotatable bonds is 3. The van der Waals surface area contributed by atoms with E-state index in [4.69, 9.17) is 5.73 Å². The van der Waals surface area contributed by atoms with Crippen LogP contribution in [0.1, 0.15) is 27.7 Å². The minimum absolute atomic E-state index is 0.0220. The molecule has 3 heteroatoms. The largest absolute Gasteiger partial charge is 0.330 e. The Kier molecular flexibility index (Phi) is 3.00. The second kappa shape index (κ2) is 3.05. The number of hydrogen-bond donors (Lipinski definition) is 1. The molecule has 0 radical (unpaired) electrons. The first-order chi connectivity index (χ1) is 4.75. The van der Waals surface area contributed by atoms with Gasteiger partial charge in [-0.05, 0) is 12.8 Å². The summed E-state index contributed by atoms with van der Waals surface area (Å²) in [6.07, 6.45) is 0. The van der Waals surface area contributed by atoms with Crippen LogP contribution < -0.4 is 5.73 Å². The normalized spacial score (nSPS) is 18.5. The maximum absolute atomic E-state index is 12.9. The zero-order chi connectivity index (χ0) is 9.28. The molecule has 2 N–H and O–H groups in total. The van der Waals surface area contributed by atoms with Crippen molar-refractivity contribution in [3.8, 4) is 0 Å². The van der Waals surface area contributed by atoms with Crippen LogP contribution in [0.4, 0.5) is 8.78 Å². The second-order valence-corrected chi connectivity index (χ2v) is 3.66. The van der Waals surface area contributed by atoms with Crippen molar-refractivity contribution in [2.24, 2.45) is 17.1 Å². The standard InChI is InChI=1S/C8H17F2N/c1-6(2)7(3,5-11)8(4,9)10/h6H,5,11H2,1-4H3. The van der Waals surface area contributed by atoms with Gasteiger partial charge in [-0.15, -0.1) is 0 Å². The molecule has 0 rings (SSSR count).